The number of nitrogens with one attached hydrogen (secondary N) is 1. The number of nitrogens with zero attached hydrogens (tertiary/aromatic N) is 1. The molecule has 110 valence electrons. The summed E-state index contributed by atoms with van der Waals surface area (Å²) >= 11 is 5.34. The number of imidazole rings is 1. The fraction of sp³-hybridized carbons (Fsp3) is 0.562. The van der Waals surface area contributed by atoms with Gasteiger partial charge in [-0.1, -0.05) is 39.0 Å². The van der Waals surface area contributed by atoms with Gasteiger partial charge in [0.05, 0.1) is 11.0 Å². The van der Waals surface area contributed by atoms with Gasteiger partial charge in [-0.15, -0.1) is 0 Å². The number of unbranched alkanes of at least 4 members (excludes halogenated alkanes) is 5. The Bertz CT molecular complexity index is 627. The van der Waals surface area contributed by atoms with Crippen LogP contribution in [0.2, 0.25) is 0 Å². The minimum absolute atomic E-state index is 0.180. The van der Waals surface area contributed by atoms with Gasteiger partial charge >= 0.3 is 0 Å². The number of benzene rings is 1. The molecular formula is C16H23FN2S. The van der Waals surface area contributed by atoms with Gasteiger partial charge in [0.25, 0.3) is 0 Å². The lowest BCUT2D eigenvalue weighted by Gasteiger charge is -2.05. The summed E-state index contributed by atoms with van der Waals surface area (Å²) < 4.78 is 16.3. The van der Waals surface area contributed by atoms with Gasteiger partial charge in [-0.25, -0.2) is 4.39 Å². The van der Waals surface area contributed by atoms with Crippen molar-refractivity contribution in [2.45, 2.75) is 58.9 Å². The highest BCUT2D eigenvalue weighted by atomic mass is 32.1. The quantitative estimate of drug-likeness (QED) is 0.527. The molecule has 0 saturated carbocycles. The van der Waals surface area contributed by atoms with Crippen LogP contribution in [0.3, 0.4) is 0 Å². The van der Waals surface area contributed by atoms with E-state index in [1.807, 2.05) is 6.07 Å². The van der Waals surface area contributed by atoms with Crippen LogP contribution < -0.4 is 0 Å². The molecule has 0 unspecified atom stereocenters. The monoisotopic (exact) mass is 294 g/mol. The van der Waals surface area contributed by atoms with E-state index in [1.54, 1.807) is 6.92 Å². The van der Waals surface area contributed by atoms with Crippen LogP contribution in [0.5, 0.6) is 0 Å². The van der Waals surface area contributed by atoms with E-state index in [-0.39, 0.29) is 5.82 Å². The van der Waals surface area contributed by atoms with Crippen molar-refractivity contribution in [3.63, 3.8) is 0 Å². The maximum absolute atomic E-state index is 13.6. The molecule has 0 amide bonds. The Balaban J connectivity index is 2.04. The molecule has 2 nitrogen and oxygen atoms in total. The van der Waals surface area contributed by atoms with Gasteiger partial charge in [-0.3, -0.25) is 0 Å². The van der Waals surface area contributed by atoms with E-state index in [0.29, 0.717) is 10.3 Å². The molecule has 0 radical (unpaired) electrons. The summed E-state index contributed by atoms with van der Waals surface area (Å²) in [5.41, 5.74) is 2.48. The summed E-state index contributed by atoms with van der Waals surface area (Å²) in [5, 5.41) is 0. The maximum Gasteiger partial charge on any atom is 0.178 e. The van der Waals surface area contributed by atoms with Crippen molar-refractivity contribution in [1.82, 2.24) is 9.55 Å². The summed E-state index contributed by atoms with van der Waals surface area (Å²) in [5.74, 6) is -0.180. The van der Waals surface area contributed by atoms with Crippen molar-refractivity contribution in [3.05, 3.63) is 28.3 Å². The number of halogens is 1. The first kappa shape index (κ1) is 15.2. The number of aromatic nitrogens is 2. The summed E-state index contributed by atoms with van der Waals surface area (Å²) in [6.07, 6.45) is 7.57. The zero-order valence-electron chi connectivity index (χ0n) is 12.3. The lowest BCUT2D eigenvalue weighted by Crippen LogP contribution is -1.98. The first-order valence-corrected chi connectivity index (χ1v) is 7.93. The van der Waals surface area contributed by atoms with Crippen molar-refractivity contribution in [2.24, 2.45) is 0 Å². The second-order valence-electron chi connectivity index (χ2n) is 5.47. The van der Waals surface area contributed by atoms with E-state index in [9.17, 15) is 4.39 Å². The number of aryl methyl sites for hydroxylation is 2. The topological polar surface area (TPSA) is 20.7 Å². The molecule has 0 bridgehead atoms. The molecule has 0 aliphatic heterocycles. The van der Waals surface area contributed by atoms with Gasteiger partial charge in [-0.05, 0) is 43.3 Å². The molecule has 4 heteroatoms. The molecule has 0 saturated heterocycles. The molecule has 2 aromatic rings. The van der Waals surface area contributed by atoms with E-state index in [0.717, 1.165) is 24.0 Å². The van der Waals surface area contributed by atoms with E-state index < -0.39 is 0 Å². The van der Waals surface area contributed by atoms with Crippen molar-refractivity contribution < 1.29 is 4.39 Å². The van der Waals surface area contributed by atoms with Gasteiger partial charge in [0.15, 0.2) is 4.77 Å². The zero-order chi connectivity index (χ0) is 14.5. The SMILES string of the molecule is CCCCCCCCn1c(=S)[nH]c2cc(F)c(C)cc21. The Kier molecular flexibility index (Phi) is 5.35. The summed E-state index contributed by atoms with van der Waals surface area (Å²) in [6.45, 7) is 4.93. The van der Waals surface area contributed by atoms with Crippen LogP contribution in [-0.2, 0) is 6.54 Å². The van der Waals surface area contributed by atoms with Gasteiger partial charge in [0, 0.05) is 6.54 Å². The number of hydrogen-bond acceptors (Lipinski definition) is 1. The molecule has 0 aliphatic carbocycles. The van der Waals surface area contributed by atoms with Gasteiger partial charge < -0.3 is 9.55 Å². The molecule has 2 rings (SSSR count). The van der Waals surface area contributed by atoms with Crippen molar-refractivity contribution in [2.75, 3.05) is 0 Å². The highest BCUT2D eigenvalue weighted by Crippen LogP contribution is 2.19. The Morgan fingerprint density at radius 1 is 1.15 bits per heavy atom. The second kappa shape index (κ2) is 7.02. The summed E-state index contributed by atoms with van der Waals surface area (Å²) in [6, 6.07) is 3.42. The molecule has 20 heavy (non-hydrogen) atoms. The first-order chi connectivity index (χ1) is 9.63. The van der Waals surface area contributed by atoms with Crippen LogP contribution in [0.1, 0.15) is 51.0 Å². The number of H-pyrrole nitrogens is 1. The fourth-order valence-electron chi connectivity index (χ4n) is 2.55. The Morgan fingerprint density at radius 3 is 2.60 bits per heavy atom. The van der Waals surface area contributed by atoms with Crippen molar-refractivity contribution in [1.29, 1.82) is 0 Å². The number of aromatic amines is 1. The van der Waals surface area contributed by atoms with Gasteiger partial charge in [-0.2, -0.15) is 0 Å². The molecule has 1 aromatic carbocycles. The average molecular weight is 294 g/mol. The molecule has 0 aliphatic rings. The van der Waals surface area contributed by atoms with Gasteiger partial charge in [0.2, 0.25) is 0 Å². The highest BCUT2D eigenvalue weighted by Gasteiger charge is 2.07. The first-order valence-electron chi connectivity index (χ1n) is 7.52. The minimum Gasteiger partial charge on any atom is -0.330 e. The smallest absolute Gasteiger partial charge is 0.178 e. The van der Waals surface area contributed by atoms with Crippen LogP contribution in [0, 0.1) is 17.5 Å². The van der Waals surface area contributed by atoms with Crippen molar-refractivity contribution >= 4 is 23.3 Å². The van der Waals surface area contributed by atoms with Crippen LogP contribution in [0.25, 0.3) is 11.0 Å². The molecule has 1 N–H and O–H groups in total. The molecule has 1 aromatic heterocycles. The van der Waals surface area contributed by atoms with Crippen LogP contribution in [0.15, 0.2) is 12.1 Å². The van der Waals surface area contributed by atoms with E-state index >= 15 is 0 Å². The van der Waals surface area contributed by atoms with E-state index in [1.165, 1.54) is 38.2 Å². The Labute approximate surface area is 125 Å². The molecular weight excluding hydrogens is 271 g/mol. The highest BCUT2D eigenvalue weighted by molar-refractivity contribution is 7.71. The third-order valence-corrected chi connectivity index (χ3v) is 4.11. The molecule has 0 spiro atoms. The predicted octanol–water partition coefficient (Wildman–Crippen LogP) is 5.51. The van der Waals surface area contributed by atoms with Crippen LogP contribution in [-0.4, -0.2) is 9.55 Å². The third-order valence-electron chi connectivity index (χ3n) is 3.79. The summed E-state index contributed by atoms with van der Waals surface area (Å²) in [4.78, 5) is 3.09. The van der Waals surface area contributed by atoms with E-state index in [2.05, 4.69) is 16.5 Å². The number of fused-ring (bicyclic) bond motifs is 1. The summed E-state index contributed by atoms with van der Waals surface area (Å²) in [7, 11) is 0. The van der Waals surface area contributed by atoms with E-state index in [4.69, 9.17) is 12.2 Å². The molecule has 0 atom stereocenters. The average Bonchev–Trinajstić information content (AvgIpc) is 2.70. The lowest BCUT2D eigenvalue weighted by atomic mass is 10.1. The number of rotatable bonds is 7. The maximum atomic E-state index is 13.6. The van der Waals surface area contributed by atoms with Crippen LogP contribution >= 0.6 is 12.2 Å². The second-order valence-corrected chi connectivity index (χ2v) is 5.85. The number of hydrogen-bond donors (Lipinski definition) is 1. The largest absolute Gasteiger partial charge is 0.330 e. The minimum atomic E-state index is -0.180. The van der Waals surface area contributed by atoms with Crippen LogP contribution in [0.4, 0.5) is 4.39 Å². The fourth-order valence-corrected chi connectivity index (χ4v) is 2.85. The Hall–Kier alpha value is -1.16. The standard InChI is InChI=1S/C16H23FN2S/c1-3-4-5-6-7-8-9-19-15-10-12(2)13(17)11-14(15)18-16(19)20/h10-11H,3-9H2,1-2H3,(H,18,20). The predicted molar refractivity (Wildman–Crippen MR) is 85.2 cm³/mol. The Morgan fingerprint density at radius 2 is 1.85 bits per heavy atom. The molecule has 1 heterocycles. The normalized spacial score (nSPS) is 11.3. The lowest BCUT2D eigenvalue weighted by molar-refractivity contribution is 0.561. The third kappa shape index (κ3) is 3.48. The molecule has 0 fully saturated rings. The van der Waals surface area contributed by atoms with Gasteiger partial charge in [0.1, 0.15) is 5.82 Å². The van der Waals surface area contributed by atoms with Crippen molar-refractivity contribution in [3.8, 4) is 0 Å². The zero-order valence-corrected chi connectivity index (χ0v) is 13.2.